The van der Waals surface area contributed by atoms with Crippen LogP contribution in [-0.4, -0.2) is 30.6 Å². The first-order chi connectivity index (χ1) is 10.2. The van der Waals surface area contributed by atoms with Gasteiger partial charge in [-0.25, -0.2) is 4.79 Å². The van der Waals surface area contributed by atoms with Crippen molar-refractivity contribution in [3.63, 3.8) is 0 Å². The SMILES string of the molecule is CCOC(=O)/C=C1/CCN(Cc2ccccc2)CC1CC. The maximum atomic E-state index is 11.6. The second kappa shape index (κ2) is 7.99. The fraction of sp³-hybridized carbons (Fsp3) is 0.500. The van der Waals surface area contributed by atoms with Crippen molar-refractivity contribution < 1.29 is 9.53 Å². The lowest BCUT2D eigenvalue weighted by Crippen LogP contribution is -2.36. The first kappa shape index (κ1) is 15.8. The number of likely N-dealkylation sites (tertiary alicyclic amines) is 1. The van der Waals surface area contributed by atoms with E-state index >= 15 is 0 Å². The fourth-order valence-electron chi connectivity index (χ4n) is 2.91. The number of ether oxygens (including phenoxy) is 1. The molecule has 1 unspecified atom stereocenters. The van der Waals surface area contributed by atoms with Crippen molar-refractivity contribution in [2.45, 2.75) is 33.2 Å². The van der Waals surface area contributed by atoms with Crippen molar-refractivity contribution in [2.24, 2.45) is 5.92 Å². The van der Waals surface area contributed by atoms with Crippen LogP contribution in [0.4, 0.5) is 0 Å². The predicted molar refractivity (Wildman–Crippen MR) is 84.8 cm³/mol. The molecule has 0 amide bonds. The van der Waals surface area contributed by atoms with E-state index in [1.807, 2.05) is 6.92 Å². The zero-order valence-corrected chi connectivity index (χ0v) is 13.0. The lowest BCUT2D eigenvalue weighted by atomic mass is 9.89. The van der Waals surface area contributed by atoms with Gasteiger partial charge in [0.1, 0.15) is 0 Å². The monoisotopic (exact) mass is 287 g/mol. The fourth-order valence-corrected chi connectivity index (χ4v) is 2.91. The molecule has 1 atom stereocenters. The molecular weight excluding hydrogens is 262 g/mol. The average molecular weight is 287 g/mol. The van der Waals surface area contributed by atoms with Gasteiger partial charge in [0.25, 0.3) is 0 Å². The molecule has 0 N–H and O–H groups in total. The summed E-state index contributed by atoms with van der Waals surface area (Å²) < 4.78 is 5.03. The number of piperidine rings is 1. The van der Waals surface area contributed by atoms with Gasteiger partial charge in [-0.05, 0) is 31.2 Å². The van der Waals surface area contributed by atoms with E-state index in [-0.39, 0.29) is 5.97 Å². The Kier molecular flexibility index (Phi) is 6.00. The Labute approximate surface area is 127 Å². The molecule has 1 aliphatic heterocycles. The van der Waals surface area contributed by atoms with Gasteiger partial charge in [-0.15, -0.1) is 0 Å². The highest BCUT2D eigenvalue weighted by Gasteiger charge is 2.23. The van der Waals surface area contributed by atoms with Crippen molar-refractivity contribution >= 4 is 5.97 Å². The smallest absolute Gasteiger partial charge is 0.330 e. The average Bonchev–Trinajstić information content (AvgIpc) is 2.50. The highest BCUT2D eigenvalue weighted by molar-refractivity contribution is 5.82. The van der Waals surface area contributed by atoms with E-state index in [0.717, 1.165) is 32.5 Å². The molecule has 2 rings (SSSR count). The topological polar surface area (TPSA) is 29.5 Å². The second-order valence-electron chi connectivity index (χ2n) is 5.55. The molecule has 0 aliphatic carbocycles. The minimum absolute atomic E-state index is 0.192. The van der Waals surface area contributed by atoms with Crippen molar-refractivity contribution in [1.82, 2.24) is 4.90 Å². The summed E-state index contributed by atoms with van der Waals surface area (Å²) in [6.45, 7) is 7.50. The maximum Gasteiger partial charge on any atom is 0.330 e. The third kappa shape index (κ3) is 4.71. The van der Waals surface area contributed by atoms with Gasteiger partial charge in [-0.1, -0.05) is 42.8 Å². The summed E-state index contributed by atoms with van der Waals surface area (Å²) in [5.41, 5.74) is 2.60. The summed E-state index contributed by atoms with van der Waals surface area (Å²) in [6, 6.07) is 10.6. The maximum absolute atomic E-state index is 11.6. The largest absolute Gasteiger partial charge is 0.463 e. The van der Waals surface area contributed by atoms with Crippen LogP contribution in [0.25, 0.3) is 0 Å². The van der Waals surface area contributed by atoms with E-state index in [4.69, 9.17) is 4.74 Å². The Bertz CT molecular complexity index is 481. The summed E-state index contributed by atoms with van der Waals surface area (Å²) >= 11 is 0. The standard InChI is InChI=1S/C18H25NO2/c1-3-16-14-19(13-15-8-6-5-7-9-15)11-10-17(16)12-18(20)21-4-2/h5-9,12,16H,3-4,10-11,13-14H2,1-2H3/b17-12-. The molecule has 1 aromatic rings. The van der Waals surface area contributed by atoms with Crippen LogP contribution in [-0.2, 0) is 16.1 Å². The highest BCUT2D eigenvalue weighted by atomic mass is 16.5. The molecule has 1 aromatic carbocycles. The molecule has 0 bridgehead atoms. The van der Waals surface area contributed by atoms with Crippen LogP contribution in [0.2, 0.25) is 0 Å². The minimum atomic E-state index is -0.192. The van der Waals surface area contributed by atoms with Crippen molar-refractivity contribution in [2.75, 3.05) is 19.7 Å². The molecule has 0 spiro atoms. The molecule has 1 aliphatic rings. The zero-order chi connectivity index (χ0) is 15.1. The quantitative estimate of drug-likeness (QED) is 0.614. The van der Waals surface area contributed by atoms with Gasteiger partial charge in [0.15, 0.2) is 0 Å². The number of hydrogen-bond acceptors (Lipinski definition) is 3. The Balaban J connectivity index is 1.96. The Morgan fingerprint density at radius 3 is 2.76 bits per heavy atom. The van der Waals surface area contributed by atoms with E-state index < -0.39 is 0 Å². The van der Waals surface area contributed by atoms with Gasteiger partial charge in [-0.3, -0.25) is 4.90 Å². The number of carbonyl (C=O) groups excluding carboxylic acids is 1. The van der Waals surface area contributed by atoms with Gasteiger partial charge in [-0.2, -0.15) is 0 Å². The lowest BCUT2D eigenvalue weighted by molar-refractivity contribution is -0.137. The van der Waals surface area contributed by atoms with Crippen LogP contribution >= 0.6 is 0 Å². The summed E-state index contributed by atoms with van der Waals surface area (Å²) in [5, 5.41) is 0. The second-order valence-corrected chi connectivity index (χ2v) is 5.55. The highest BCUT2D eigenvalue weighted by Crippen LogP contribution is 2.26. The summed E-state index contributed by atoms with van der Waals surface area (Å²) in [4.78, 5) is 14.1. The minimum Gasteiger partial charge on any atom is -0.463 e. The van der Waals surface area contributed by atoms with Crippen molar-refractivity contribution in [3.05, 3.63) is 47.5 Å². The van der Waals surface area contributed by atoms with Gasteiger partial charge < -0.3 is 4.74 Å². The lowest BCUT2D eigenvalue weighted by Gasteiger charge is -2.34. The molecule has 114 valence electrons. The summed E-state index contributed by atoms with van der Waals surface area (Å²) in [6.07, 6.45) is 3.75. The van der Waals surface area contributed by atoms with Crippen LogP contribution in [0.15, 0.2) is 42.0 Å². The van der Waals surface area contributed by atoms with Crippen LogP contribution < -0.4 is 0 Å². The Morgan fingerprint density at radius 1 is 1.33 bits per heavy atom. The molecule has 0 aromatic heterocycles. The first-order valence-electron chi connectivity index (χ1n) is 7.86. The van der Waals surface area contributed by atoms with E-state index in [0.29, 0.717) is 12.5 Å². The van der Waals surface area contributed by atoms with Gasteiger partial charge in [0, 0.05) is 25.7 Å². The van der Waals surface area contributed by atoms with Crippen LogP contribution in [0.1, 0.15) is 32.3 Å². The summed E-state index contributed by atoms with van der Waals surface area (Å²) in [5.74, 6) is 0.273. The molecule has 1 fully saturated rings. The first-order valence-corrected chi connectivity index (χ1v) is 7.86. The van der Waals surface area contributed by atoms with E-state index in [9.17, 15) is 4.79 Å². The van der Waals surface area contributed by atoms with Crippen LogP contribution in [0.5, 0.6) is 0 Å². The van der Waals surface area contributed by atoms with Gasteiger partial charge >= 0.3 is 5.97 Å². The van der Waals surface area contributed by atoms with E-state index in [1.165, 1.54) is 11.1 Å². The Morgan fingerprint density at radius 2 is 2.10 bits per heavy atom. The van der Waals surface area contributed by atoms with Crippen molar-refractivity contribution in [1.29, 1.82) is 0 Å². The molecule has 3 nitrogen and oxygen atoms in total. The molecule has 1 heterocycles. The number of carbonyl (C=O) groups is 1. The number of hydrogen-bond donors (Lipinski definition) is 0. The third-order valence-corrected chi connectivity index (χ3v) is 4.05. The number of esters is 1. The number of benzene rings is 1. The predicted octanol–water partition coefficient (Wildman–Crippen LogP) is 3.41. The van der Waals surface area contributed by atoms with E-state index in [2.05, 4.69) is 42.2 Å². The van der Waals surface area contributed by atoms with Gasteiger partial charge in [0.05, 0.1) is 6.61 Å². The van der Waals surface area contributed by atoms with Crippen LogP contribution in [0, 0.1) is 5.92 Å². The zero-order valence-electron chi connectivity index (χ0n) is 13.0. The number of nitrogens with zero attached hydrogens (tertiary/aromatic N) is 1. The molecular formula is C18H25NO2. The summed E-state index contributed by atoms with van der Waals surface area (Å²) in [7, 11) is 0. The molecule has 0 radical (unpaired) electrons. The van der Waals surface area contributed by atoms with Crippen LogP contribution in [0.3, 0.4) is 0 Å². The van der Waals surface area contributed by atoms with E-state index in [1.54, 1.807) is 6.08 Å². The van der Waals surface area contributed by atoms with Crippen molar-refractivity contribution in [3.8, 4) is 0 Å². The Hall–Kier alpha value is -1.61. The third-order valence-electron chi connectivity index (χ3n) is 4.05. The number of rotatable bonds is 5. The molecule has 0 saturated carbocycles. The van der Waals surface area contributed by atoms with Gasteiger partial charge in [0.2, 0.25) is 0 Å². The molecule has 21 heavy (non-hydrogen) atoms. The molecule has 1 saturated heterocycles. The normalized spacial score (nSPS) is 21.4. The molecule has 3 heteroatoms.